The Bertz CT molecular complexity index is 688. The maximum atomic E-state index is 12.5. The molecule has 6 nitrogen and oxygen atoms in total. The smallest absolute Gasteiger partial charge is 0.258 e. The Balaban J connectivity index is 1.63. The highest BCUT2D eigenvalue weighted by atomic mass is 16.5. The average Bonchev–Trinajstić information content (AvgIpc) is 2.63. The third kappa shape index (κ3) is 3.90. The van der Waals surface area contributed by atoms with E-state index in [0.717, 1.165) is 17.5 Å². The van der Waals surface area contributed by atoms with Crippen LogP contribution in [0.25, 0.3) is 0 Å². The van der Waals surface area contributed by atoms with Gasteiger partial charge in [0, 0.05) is 13.2 Å². The quantitative estimate of drug-likeness (QED) is 0.825. The molecule has 1 aliphatic rings. The summed E-state index contributed by atoms with van der Waals surface area (Å²) < 4.78 is 16.0. The van der Waals surface area contributed by atoms with Crippen molar-refractivity contribution in [2.75, 3.05) is 32.2 Å². The highest BCUT2D eigenvalue weighted by Crippen LogP contribution is 2.28. The van der Waals surface area contributed by atoms with Gasteiger partial charge in [0.15, 0.2) is 6.10 Å². The minimum Gasteiger partial charge on any atom is -0.475 e. The lowest BCUT2D eigenvalue weighted by molar-refractivity contribution is -0.128. The first-order valence-electron chi connectivity index (χ1n) is 7.86. The molecule has 0 saturated heterocycles. The topological polar surface area (TPSA) is 69.7 Å². The molecular weight excluding hydrogens is 308 g/mol. The largest absolute Gasteiger partial charge is 0.475 e. The maximum absolute atomic E-state index is 12.5. The maximum Gasteiger partial charge on any atom is 0.258 e. The third-order valence-electron chi connectivity index (χ3n) is 3.77. The zero-order chi connectivity index (χ0) is 16.8. The summed E-state index contributed by atoms with van der Waals surface area (Å²) in [5, 5.41) is 2.84. The van der Waals surface area contributed by atoms with Crippen molar-refractivity contribution in [2.45, 2.75) is 12.5 Å². The van der Waals surface area contributed by atoms with E-state index in [2.05, 4.69) is 10.3 Å². The van der Waals surface area contributed by atoms with E-state index in [1.807, 2.05) is 24.3 Å². The first kappa shape index (κ1) is 16.4. The fraction of sp³-hybridized carbons (Fsp3) is 0.333. The molecular formula is C18H20N2O4. The molecule has 1 N–H and O–H groups in total. The van der Waals surface area contributed by atoms with Crippen LogP contribution in [0.5, 0.6) is 5.88 Å². The number of methoxy groups -OCH3 is 1. The molecule has 0 radical (unpaired) electrons. The Kier molecular flexibility index (Phi) is 5.40. The van der Waals surface area contributed by atoms with Gasteiger partial charge in [0.2, 0.25) is 5.88 Å². The predicted molar refractivity (Wildman–Crippen MR) is 89.1 cm³/mol. The number of pyridine rings is 1. The molecule has 1 aromatic heterocycles. The second kappa shape index (κ2) is 7.90. The monoisotopic (exact) mass is 328 g/mol. The van der Waals surface area contributed by atoms with Gasteiger partial charge in [0.25, 0.3) is 5.91 Å². The molecule has 2 heterocycles. The van der Waals surface area contributed by atoms with E-state index in [-0.39, 0.29) is 5.91 Å². The summed E-state index contributed by atoms with van der Waals surface area (Å²) in [5.74, 6) is 0.293. The van der Waals surface area contributed by atoms with Crippen molar-refractivity contribution in [1.82, 2.24) is 4.98 Å². The zero-order valence-electron chi connectivity index (χ0n) is 13.5. The van der Waals surface area contributed by atoms with Crippen molar-refractivity contribution in [3.8, 4) is 5.88 Å². The van der Waals surface area contributed by atoms with Gasteiger partial charge in [-0.3, -0.25) is 4.79 Å². The zero-order valence-corrected chi connectivity index (χ0v) is 13.5. The summed E-state index contributed by atoms with van der Waals surface area (Å²) in [6.07, 6.45) is 1.80. The number of benzene rings is 1. The van der Waals surface area contributed by atoms with Crippen LogP contribution in [0.4, 0.5) is 5.69 Å². The van der Waals surface area contributed by atoms with Gasteiger partial charge in [-0.15, -0.1) is 0 Å². The highest BCUT2D eigenvalue weighted by Gasteiger charge is 2.27. The Hall–Kier alpha value is -2.44. The van der Waals surface area contributed by atoms with E-state index in [9.17, 15) is 4.79 Å². The van der Waals surface area contributed by atoms with Gasteiger partial charge in [0.1, 0.15) is 6.61 Å². The molecule has 2 aromatic rings. The number of aromatic nitrogens is 1. The van der Waals surface area contributed by atoms with Crippen molar-refractivity contribution in [2.24, 2.45) is 0 Å². The second-order valence-electron chi connectivity index (χ2n) is 5.42. The van der Waals surface area contributed by atoms with E-state index in [0.29, 0.717) is 31.4 Å². The molecule has 3 rings (SSSR count). The van der Waals surface area contributed by atoms with Gasteiger partial charge >= 0.3 is 0 Å². The third-order valence-corrected chi connectivity index (χ3v) is 3.77. The molecule has 1 atom stereocenters. The lowest BCUT2D eigenvalue weighted by atomic mass is 9.97. The number of fused-ring (bicyclic) bond motifs is 1. The van der Waals surface area contributed by atoms with E-state index < -0.39 is 6.10 Å². The van der Waals surface area contributed by atoms with Gasteiger partial charge in [-0.05, 0) is 23.6 Å². The molecule has 0 saturated carbocycles. The number of carbonyl (C=O) groups is 1. The molecule has 1 aromatic carbocycles. The van der Waals surface area contributed by atoms with E-state index in [1.165, 1.54) is 0 Å². The predicted octanol–water partition coefficient (Wildman–Crippen LogP) is 2.36. The molecule has 0 aliphatic carbocycles. The van der Waals surface area contributed by atoms with Gasteiger partial charge in [0.05, 0.1) is 25.1 Å². The van der Waals surface area contributed by atoms with E-state index in [4.69, 9.17) is 14.2 Å². The summed E-state index contributed by atoms with van der Waals surface area (Å²) in [5.41, 5.74) is 2.68. The lowest BCUT2D eigenvalue weighted by Gasteiger charge is -2.25. The van der Waals surface area contributed by atoms with Crippen molar-refractivity contribution in [1.29, 1.82) is 0 Å². The summed E-state index contributed by atoms with van der Waals surface area (Å²) in [7, 11) is 1.61. The summed E-state index contributed by atoms with van der Waals surface area (Å²) >= 11 is 0. The number of carbonyl (C=O) groups excluding carboxylic acids is 1. The van der Waals surface area contributed by atoms with E-state index >= 15 is 0 Å². The van der Waals surface area contributed by atoms with Crippen LogP contribution in [0.2, 0.25) is 0 Å². The van der Waals surface area contributed by atoms with Crippen molar-refractivity contribution in [3.63, 3.8) is 0 Å². The fourth-order valence-electron chi connectivity index (χ4n) is 2.59. The Labute approximate surface area is 140 Å². The van der Waals surface area contributed by atoms with Crippen molar-refractivity contribution in [3.05, 3.63) is 53.7 Å². The summed E-state index contributed by atoms with van der Waals surface area (Å²) in [6, 6.07) is 11.3. The Morgan fingerprint density at radius 2 is 2.17 bits per heavy atom. The van der Waals surface area contributed by atoms with Crippen LogP contribution in [-0.4, -0.2) is 37.8 Å². The molecule has 24 heavy (non-hydrogen) atoms. The second-order valence-corrected chi connectivity index (χ2v) is 5.42. The summed E-state index contributed by atoms with van der Waals surface area (Å²) in [6.45, 7) is 1.47. The standard InChI is InChI=1S/C18H20N2O4/c1-22-10-11-23-16-7-6-14(12-19-16)20-18(21)17-15-5-3-2-4-13(15)8-9-24-17/h2-7,12,17H,8-11H2,1H3,(H,20,21). The fourth-order valence-corrected chi connectivity index (χ4v) is 2.59. The lowest BCUT2D eigenvalue weighted by Crippen LogP contribution is -2.28. The number of amides is 1. The average molecular weight is 328 g/mol. The molecule has 6 heteroatoms. The van der Waals surface area contributed by atoms with Gasteiger partial charge < -0.3 is 19.5 Å². The summed E-state index contributed by atoms with van der Waals surface area (Å²) in [4.78, 5) is 16.7. The number of ether oxygens (including phenoxy) is 3. The minimum atomic E-state index is -0.590. The van der Waals surface area contributed by atoms with Gasteiger partial charge in [-0.25, -0.2) is 4.98 Å². The van der Waals surface area contributed by atoms with Gasteiger partial charge in [-0.2, -0.15) is 0 Å². The molecule has 126 valence electrons. The van der Waals surface area contributed by atoms with Crippen molar-refractivity contribution >= 4 is 11.6 Å². The molecule has 1 unspecified atom stereocenters. The normalized spacial score (nSPS) is 16.3. The number of hydrogen-bond donors (Lipinski definition) is 1. The van der Waals surface area contributed by atoms with Crippen LogP contribution in [-0.2, 0) is 20.7 Å². The SMILES string of the molecule is COCCOc1ccc(NC(=O)C2OCCc3ccccc32)cn1. The van der Waals surface area contributed by atoms with Crippen LogP contribution in [0, 0.1) is 0 Å². The molecule has 0 bridgehead atoms. The molecule has 1 amide bonds. The van der Waals surface area contributed by atoms with Crippen LogP contribution >= 0.6 is 0 Å². The number of anilines is 1. The number of nitrogens with one attached hydrogen (secondary N) is 1. The molecule has 1 aliphatic heterocycles. The van der Waals surface area contributed by atoms with Gasteiger partial charge in [-0.1, -0.05) is 24.3 Å². The van der Waals surface area contributed by atoms with Crippen LogP contribution in [0.1, 0.15) is 17.2 Å². The molecule has 0 spiro atoms. The first-order valence-corrected chi connectivity index (χ1v) is 7.86. The molecule has 0 fully saturated rings. The van der Waals surface area contributed by atoms with Crippen LogP contribution in [0.3, 0.4) is 0 Å². The Morgan fingerprint density at radius 3 is 2.96 bits per heavy atom. The van der Waals surface area contributed by atoms with E-state index in [1.54, 1.807) is 25.4 Å². The number of rotatable bonds is 6. The Morgan fingerprint density at radius 1 is 1.29 bits per heavy atom. The first-order chi connectivity index (χ1) is 11.8. The minimum absolute atomic E-state index is 0.197. The van der Waals surface area contributed by atoms with Crippen molar-refractivity contribution < 1.29 is 19.0 Å². The van der Waals surface area contributed by atoms with Crippen LogP contribution < -0.4 is 10.1 Å². The van der Waals surface area contributed by atoms with Crippen LogP contribution in [0.15, 0.2) is 42.6 Å². The number of nitrogens with zero attached hydrogens (tertiary/aromatic N) is 1. The highest BCUT2D eigenvalue weighted by molar-refractivity contribution is 5.95. The number of hydrogen-bond acceptors (Lipinski definition) is 5.